The lowest BCUT2D eigenvalue weighted by Gasteiger charge is -2.18. The number of methoxy groups -OCH3 is 1. The molecule has 21 heavy (non-hydrogen) atoms. The third kappa shape index (κ3) is 4.33. The maximum Gasteiger partial charge on any atom is 0.124 e. The molecular weight excluding hydrogens is 282 g/mol. The Morgan fingerprint density at radius 1 is 1.19 bits per heavy atom. The van der Waals surface area contributed by atoms with Crippen LogP contribution in [0.15, 0.2) is 48.5 Å². The van der Waals surface area contributed by atoms with Crippen LogP contribution in [0, 0.1) is 0 Å². The fourth-order valence-corrected chi connectivity index (χ4v) is 2.99. The molecule has 112 valence electrons. The number of nitrogens with one attached hydrogen (secondary N) is 1. The standard InChI is InChI=1S/C17H21NO2S/c1-13(16-9-4-5-10-17(16)20-2)18-15-8-6-7-14(11-15)12-21(3)19/h4-11,13,18H,12H2,1-3H3/t13-,21+/m1/s1. The molecule has 0 spiro atoms. The quantitative estimate of drug-likeness (QED) is 0.883. The van der Waals surface area contributed by atoms with E-state index in [9.17, 15) is 4.21 Å². The molecule has 0 fully saturated rings. The first-order valence-electron chi connectivity index (χ1n) is 6.88. The molecule has 2 atom stereocenters. The van der Waals surface area contributed by atoms with Gasteiger partial charge in [0.2, 0.25) is 0 Å². The summed E-state index contributed by atoms with van der Waals surface area (Å²) < 4.78 is 16.7. The number of anilines is 1. The average molecular weight is 303 g/mol. The number of rotatable bonds is 6. The lowest BCUT2D eigenvalue weighted by molar-refractivity contribution is 0.408. The van der Waals surface area contributed by atoms with Crippen LogP contribution in [0.4, 0.5) is 5.69 Å². The Labute approximate surface area is 128 Å². The number of hydrogen-bond donors (Lipinski definition) is 1. The fourth-order valence-electron chi connectivity index (χ4n) is 2.34. The van der Waals surface area contributed by atoms with E-state index in [4.69, 9.17) is 4.74 Å². The molecule has 2 aromatic rings. The highest BCUT2D eigenvalue weighted by Gasteiger charge is 2.10. The van der Waals surface area contributed by atoms with E-state index in [2.05, 4.69) is 18.3 Å². The second-order valence-electron chi connectivity index (χ2n) is 5.03. The van der Waals surface area contributed by atoms with E-state index in [1.807, 2.05) is 42.5 Å². The molecule has 2 aromatic carbocycles. The van der Waals surface area contributed by atoms with Crippen LogP contribution in [0.2, 0.25) is 0 Å². The molecule has 0 aliphatic carbocycles. The van der Waals surface area contributed by atoms with Crippen molar-refractivity contribution in [2.75, 3.05) is 18.7 Å². The van der Waals surface area contributed by atoms with E-state index in [1.54, 1.807) is 13.4 Å². The van der Waals surface area contributed by atoms with E-state index in [0.29, 0.717) is 5.75 Å². The SMILES string of the molecule is COc1ccccc1[C@@H](C)Nc1cccc(C[S@](C)=O)c1. The maximum absolute atomic E-state index is 11.3. The topological polar surface area (TPSA) is 38.3 Å². The summed E-state index contributed by atoms with van der Waals surface area (Å²) in [6, 6.07) is 16.2. The van der Waals surface area contributed by atoms with Crippen molar-refractivity contribution in [1.29, 1.82) is 0 Å². The largest absolute Gasteiger partial charge is 0.496 e. The summed E-state index contributed by atoms with van der Waals surface area (Å²) >= 11 is 0. The van der Waals surface area contributed by atoms with Crippen LogP contribution in [0.1, 0.15) is 24.1 Å². The Kier molecular flexibility index (Phi) is 5.39. The molecule has 0 aliphatic heterocycles. The fraction of sp³-hybridized carbons (Fsp3) is 0.294. The van der Waals surface area contributed by atoms with Crippen LogP contribution in [0.25, 0.3) is 0 Å². The Morgan fingerprint density at radius 3 is 2.67 bits per heavy atom. The van der Waals surface area contributed by atoms with Gasteiger partial charge in [-0.1, -0.05) is 30.3 Å². The zero-order chi connectivity index (χ0) is 15.2. The van der Waals surface area contributed by atoms with E-state index in [1.165, 1.54) is 0 Å². The first kappa shape index (κ1) is 15.6. The molecule has 3 nitrogen and oxygen atoms in total. The van der Waals surface area contributed by atoms with E-state index >= 15 is 0 Å². The molecule has 0 heterocycles. The van der Waals surface area contributed by atoms with Gasteiger partial charge in [-0.2, -0.15) is 0 Å². The molecule has 0 amide bonds. The highest BCUT2D eigenvalue weighted by atomic mass is 32.2. The molecule has 0 unspecified atom stereocenters. The van der Waals surface area contributed by atoms with E-state index in [0.717, 1.165) is 22.6 Å². The van der Waals surface area contributed by atoms with Crippen LogP contribution < -0.4 is 10.1 Å². The van der Waals surface area contributed by atoms with Crippen molar-refractivity contribution in [2.45, 2.75) is 18.7 Å². The maximum atomic E-state index is 11.3. The summed E-state index contributed by atoms with van der Waals surface area (Å²) in [6.45, 7) is 2.10. The molecule has 0 aliphatic rings. The molecule has 4 heteroatoms. The van der Waals surface area contributed by atoms with Crippen molar-refractivity contribution in [2.24, 2.45) is 0 Å². The van der Waals surface area contributed by atoms with Gasteiger partial charge in [-0.25, -0.2) is 0 Å². The van der Waals surface area contributed by atoms with Crippen molar-refractivity contribution < 1.29 is 8.95 Å². The Bertz CT molecular complexity index is 628. The van der Waals surface area contributed by atoms with Gasteiger partial charge >= 0.3 is 0 Å². The van der Waals surface area contributed by atoms with Gasteiger partial charge in [-0.3, -0.25) is 4.21 Å². The Hall–Kier alpha value is -1.81. The Balaban J connectivity index is 2.15. The van der Waals surface area contributed by atoms with Gasteiger partial charge in [0.05, 0.1) is 13.2 Å². The summed E-state index contributed by atoms with van der Waals surface area (Å²) in [5, 5.41) is 3.47. The molecule has 0 saturated heterocycles. The van der Waals surface area contributed by atoms with Gasteiger partial charge in [0.25, 0.3) is 0 Å². The predicted octanol–water partition coefficient (Wildman–Crippen LogP) is 3.75. The van der Waals surface area contributed by atoms with Gasteiger partial charge in [-0.05, 0) is 30.7 Å². The minimum Gasteiger partial charge on any atom is -0.496 e. The molecule has 2 rings (SSSR count). The minimum absolute atomic E-state index is 0.128. The normalized spacial score (nSPS) is 13.5. The highest BCUT2D eigenvalue weighted by molar-refractivity contribution is 7.83. The van der Waals surface area contributed by atoms with Gasteiger partial charge in [0, 0.05) is 34.1 Å². The smallest absolute Gasteiger partial charge is 0.124 e. The monoisotopic (exact) mass is 303 g/mol. The first-order chi connectivity index (χ1) is 10.1. The molecular formula is C17H21NO2S. The van der Waals surface area contributed by atoms with Crippen LogP contribution in [-0.4, -0.2) is 17.6 Å². The van der Waals surface area contributed by atoms with Crippen LogP contribution in [0.3, 0.4) is 0 Å². The van der Waals surface area contributed by atoms with Gasteiger partial charge < -0.3 is 10.1 Å². The van der Waals surface area contributed by atoms with Crippen LogP contribution >= 0.6 is 0 Å². The summed E-state index contributed by atoms with van der Waals surface area (Å²) in [5.41, 5.74) is 3.22. The minimum atomic E-state index is -0.826. The second-order valence-corrected chi connectivity index (χ2v) is 6.46. The number of hydrogen-bond acceptors (Lipinski definition) is 3. The number of benzene rings is 2. The van der Waals surface area contributed by atoms with Crippen molar-refractivity contribution >= 4 is 16.5 Å². The third-order valence-corrected chi connectivity index (χ3v) is 4.03. The highest BCUT2D eigenvalue weighted by Crippen LogP contribution is 2.27. The molecule has 0 saturated carbocycles. The summed E-state index contributed by atoms with van der Waals surface area (Å²) in [6.07, 6.45) is 1.72. The number of ether oxygens (including phenoxy) is 1. The van der Waals surface area contributed by atoms with Crippen LogP contribution in [-0.2, 0) is 16.6 Å². The van der Waals surface area contributed by atoms with Crippen molar-refractivity contribution in [1.82, 2.24) is 0 Å². The molecule has 0 bridgehead atoms. The first-order valence-corrected chi connectivity index (χ1v) is 8.61. The van der Waals surface area contributed by atoms with Gasteiger partial charge in [0.1, 0.15) is 5.75 Å². The van der Waals surface area contributed by atoms with Gasteiger partial charge in [0.15, 0.2) is 0 Å². The van der Waals surface area contributed by atoms with Crippen LogP contribution in [0.5, 0.6) is 5.75 Å². The van der Waals surface area contributed by atoms with Crippen molar-refractivity contribution in [3.8, 4) is 5.75 Å². The third-order valence-electron chi connectivity index (χ3n) is 3.29. The summed E-state index contributed by atoms with van der Waals surface area (Å²) in [4.78, 5) is 0. The molecule has 0 radical (unpaired) electrons. The molecule has 1 N–H and O–H groups in total. The second kappa shape index (κ2) is 7.27. The van der Waals surface area contributed by atoms with E-state index in [-0.39, 0.29) is 6.04 Å². The molecule has 0 aromatic heterocycles. The average Bonchev–Trinajstić information content (AvgIpc) is 2.46. The Morgan fingerprint density at radius 2 is 1.95 bits per heavy atom. The van der Waals surface area contributed by atoms with Gasteiger partial charge in [-0.15, -0.1) is 0 Å². The summed E-state index contributed by atoms with van der Waals surface area (Å²) in [7, 11) is 0.857. The van der Waals surface area contributed by atoms with Crippen molar-refractivity contribution in [3.05, 3.63) is 59.7 Å². The predicted molar refractivity (Wildman–Crippen MR) is 89.2 cm³/mol. The van der Waals surface area contributed by atoms with E-state index < -0.39 is 10.8 Å². The lowest BCUT2D eigenvalue weighted by Crippen LogP contribution is -2.08. The zero-order valence-corrected chi connectivity index (χ0v) is 13.4. The lowest BCUT2D eigenvalue weighted by atomic mass is 10.1. The number of para-hydroxylation sites is 1. The summed E-state index contributed by atoms with van der Waals surface area (Å²) in [5.74, 6) is 1.46. The zero-order valence-electron chi connectivity index (χ0n) is 12.6. The van der Waals surface area contributed by atoms with Crippen molar-refractivity contribution in [3.63, 3.8) is 0 Å².